The number of H-pyrrole nitrogens is 1. The molecule has 34 heavy (non-hydrogen) atoms. The number of esters is 1. The van der Waals surface area contributed by atoms with Crippen molar-refractivity contribution in [3.63, 3.8) is 0 Å². The predicted octanol–water partition coefficient (Wildman–Crippen LogP) is 4.23. The number of aliphatic imine (C=N–C) groups is 1. The van der Waals surface area contributed by atoms with Crippen molar-refractivity contribution >= 4 is 44.0 Å². The number of rotatable bonds is 6. The molecule has 0 aliphatic rings. The molecule has 0 spiro atoms. The molecule has 4 aromatic rings. The van der Waals surface area contributed by atoms with Crippen LogP contribution in [-0.4, -0.2) is 50.6 Å². The summed E-state index contributed by atoms with van der Waals surface area (Å²) < 4.78 is 29.6. The molecule has 0 bridgehead atoms. The topological polar surface area (TPSA) is 112 Å². The van der Waals surface area contributed by atoms with Crippen LogP contribution in [0.2, 0.25) is 0 Å². The Morgan fingerprint density at radius 2 is 1.68 bits per heavy atom. The van der Waals surface area contributed by atoms with Crippen LogP contribution in [0.4, 0.5) is 11.4 Å². The zero-order valence-corrected chi connectivity index (χ0v) is 19.6. The number of ether oxygens (including phenoxy) is 1. The second-order valence-electron chi connectivity index (χ2n) is 7.67. The Labute approximate surface area is 197 Å². The maximum absolute atomic E-state index is 11.9. The number of carbonyl (C=O) groups is 1. The molecule has 0 amide bonds. The number of hydrogen-bond acceptors (Lipinski definition) is 6. The molecule has 1 aromatic heterocycles. The number of aromatic nitrogens is 1. The maximum Gasteiger partial charge on any atom is 0.337 e. The van der Waals surface area contributed by atoms with E-state index in [9.17, 15) is 18.3 Å². The molecule has 4 rings (SSSR count). The van der Waals surface area contributed by atoms with Gasteiger partial charge in [-0.1, -0.05) is 36.4 Å². The fraction of sp³-hybridized carbons (Fsp3) is 0.120. The molecular weight excluding hydrogens is 454 g/mol. The van der Waals surface area contributed by atoms with Crippen molar-refractivity contribution in [2.24, 2.45) is 4.99 Å². The highest BCUT2D eigenvalue weighted by Gasteiger charge is 2.20. The molecular formula is C25H23N3O5S. The molecule has 0 saturated carbocycles. The van der Waals surface area contributed by atoms with Crippen LogP contribution in [0.25, 0.3) is 10.9 Å². The fourth-order valence-electron chi connectivity index (χ4n) is 3.59. The van der Waals surface area contributed by atoms with E-state index in [1.54, 1.807) is 42.5 Å². The molecule has 0 aliphatic heterocycles. The van der Waals surface area contributed by atoms with E-state index in [1.807, 2.05) is 30.3 Å². The summed E-state index contributed by atoms with van der Waals surface area (Å²) in [4.78, 5) is 19.6. The molecule has 0 atom stereocenters. The van der Waals surface area contributed by atoms with Gasteiger partial charge in [-0.05, 0) is 36.4 Å². The summed E-state index contributed by atoms with van der Waals surface area (Å²) >= 11 is 0. The molecule has 0 saturated heterocycles. The quantitative estimate of drug-likeness (QED) is 0.319. The van der Waals surface area contributed by atoms with E-state index >= 15 is 0 Å². The van der Waals surface area contributed by atoms with Gasteiger partial charge in [0, 0.05) is 23.5 Å². The van der Waals surface area contributed by atoms with E-state index in [2.05, 4.69) is 4.98 Å². The van der Waals surface area contributed by atoms with Crippen molar-refractivity contribution in [2.45, 2.75) is 0 Å². The van der Waals surface area contributed by atoms with Crippen LogP contribution in [0.1, 0.15) is 21.5 Å². The minimum atomic E-state index is -3.38. The summed E-state index contributed by atoms with van der Waals surface area (Å²) in [6.45, 7) is 0. The van der Waals surface area contributed by atoms with Gasteiger partial charge in [0.05, 0.1) is 41.6 Å². The Morgan fingerprint density at radius 1 is 1.00 bits per heavy atom. The Balaban J connectivity index is 1.86. The second kappa shape index (κ2) is 9.03. The monoisotopic (exact) mass is 477 g/mol. The summed E-state index contributed by atoms with van der Waals surface area (Å²) in [6.07, 6.45) is 1.14. The number of methoxy groups -OCH3 is 1. The molecule has 0 unspecified atom stereocenters. The average molecular weight is 478 g/mol. The van der Waals surface area contributed by atoms with Crippen LogP contribution in [0.3, 0.4) is 0 Å². The van der Waals surface area contributed by atoms with Crippen LogP contribution >= 0.6 is 0 Å². The predicted molar refractivity (Wildman–Crippen MR) is 133 cm³/mol. The van der Waals surface area contributed by atoms with E-state index in [-0.39, 0.29) is 5.88 Å². The molecule has 2 N–H and O–H groups in total. The van der Waals surface area contributed by atoms with E-state index in [1.165, 1.54) is 18.5 Å². The number of aromatic hydroxyl groups is 1. The zero-order valence-electron chi connectivity index (χ0n) is 18.8. The second-order valence-corrected chi connectivity index (χ2v) is 9.69. The number of benzene rings is 3. The van der Waals surface area contributed by atoms with E-state index in [0.717, 1.165) is 11.8 Å². The van der Waals surface area contributed by atoms with Gasteiger partial charge in [-0.25, -0.2) is 18.2 Å². The van der Waals surface area contributed by atoms with Gasteiger partial charge in [0.2, 0.25) is 10.0 Å². The standard InChI is InChI=1S/C25H23N3O5S/c1-28(34(3,31)32)19-12-10-18(11-13-19)26-23(16-7-5-4-6-8-16)22-20-14-9-17(25(30)33-2)15-21(20)27-24(22)29/h4-15,27,29H,1-3H3. The van der Waals surface area contributed by atoms with Gasteiger partial charge in [-0.3, -0.25) is 4.31 Å². The minimum absolute atomic E-state index is 0.0898. The highest BCUT2D eigenvalue weighted by Crippen LogP contribution is 2.32. The van der Waals surface area contributed by atoms with Crippen molar-refractivity contribution in [2.75, 3.05) is 24.7 Å². The van der Waals surface area contributed by atoms with E-state index < -0.39 is 16.0 Å². The van der Waals surface area contributed by atoms with Gasteiger partial charge in [0.15, 0.2) is 5.88 Å². The first-order valence-corrected chi connectivity index (χ1v) is 12.2. The van der Waals surface area contributed by atoms with Gasteiger partial charge >= 0.3 is 5.97 Å². The lowest BCUT2D eigenvalue weighted by atomic mass is 10.00. The molecule has 0 fully saturated rings. The third-order valence-electron chi connectivity index (χ3n) is 5.44. The van der Waals surface area contributed by atoms with E-state index in [4.69, 9.17) is 9.73 Å². The SMILES string of the molecule is COC(=O)c1ccc2c(C(=Nc3ccc(N(C)S(C)(=O)=O)cc3)c3ccccc3)c(O)[nH]c2c1. The fourth-order valence-corrected chi connectivity index (χ4v) is 4.09. The minimum Gasteiger partial charge on any atom is -0.494 e. The first kappa shape index (κ1) is 23.1. The van der Waals surface area contributed by atoms with Gasteiger partial charge in [-0.2, -0.15) is 0 Å². The molecule has 8 nitrogen and oxygen atoms in total. The Hall–Kier alpha value is -4.11. The highest BCUT2D eigenvalue weighted by atomic mass is 32.2. The summed E-state index contributed by atoms with van der Waals surface area (Å²) in [5, 5.41) is 11.5. The van der Waals surface area contributed by atoms with Gasteiger partial charge < -0.3 is 14.8 Å². The Kier molecular flexibility index (Phi) is 6.12. The summed E-state index contributed by atoms with van der Waals surface area (Å²) in [7, 11) is -0.594. The van der Waals surface area contributed by atoms with Gasteiger partial charge in [0.25, 0.3) is 0 Å². The normalized spacial score (nSPS) is 12.0. The molecule has 9 heteroatoms. The lowest BCUT2D eigenvalue weighted by Crippen LogP contribution is -2.24. The number of hydrogen-bond donors (Lipinski definition) is 2. The third-order valence-corrected chi connectivity index (χ3v) is 6.64. The molecule has 174 valence electrons. The molecule has 1 heterocycles. The Morgan fingerprint density at radius 3 is 2.29 bits per heavy atom. The van der Waals surface area contributed by atoms with Crippen molar-refractivity contribution < 1.29 is 23.1 Å². The largest absolute Gasteiger partial charge is 0.494 e. The lowest BCUT2D eigenvalue weighted by Gasteiger charge is -2.16. The van der Waals surface area contributed by atoms with E-state index in [0.29, 0.717) is 39.1 Å². The summed E-state index contributed by atoms with van der Waals surface area (Å²) in [5.41, 5.74) is 3.76. The average Bonchev–Trinajstić information content (AvgIpc) is 3.16. The first-order chi connectivity index (χ1) is 16.2. The number of nitrogens with one attached hydrogen (secondary N) is 1. The maximum atomic E-state index is 11.9. The lowest BCUT2D eigenvalue weighted by molar-refractivity contribution is 0.0601. The van der Waals surface area contributed by atoms with Crippen LogP contribution in [0.5, 0.6) is 5.88 Å². The number of anilines is 1. The number of aromatic amines is 1. The van der Waals surface area contributed by atoms with Crippen molar-refractivity contribution in [1.29, 1.82) is 0 Å². The Bertz CT molecular complexity index is 1490. The van der Waals surface area contributed by atoms with Crippen LogP contribution in [0, 0.1) is 0 Å². The van der Waals surface area contributed by atoms with Crippen molar-refractivity contribution in [1.82, 2.24) is 4.98 Å². The van der Waals surface area contributed by atoms with Gasteiger partial charge in [-0.15, -0.1) is 0 Å². The summed E-state index contributed by atoms with van der Waals surface area (Å²) in [5.74, 6) is -0.568. The third kappa shape index (κ3) is 4.51. The molecule has 0 radical (unpaired) electrons. The zero-order chi connectivity index (χ0) is 24.5. The highest BCUT2D eigenvalue weighted by molar-refractivity contribution is 7.92. The first-order valence-electron chi connectivity index (χ1n) is 10.3. The number of nitrogens with zero attached hydrogens (tertiary/aromatic N) is 2. The molecule has 3 aromatic carbocycles. The number of sulfonamides is 1. The van der Waals surface area contributed by atoms with Crippen LogP contribution < -0.4 is 4.31 Å². The van der Waals surface area contributed by atoms with Crippen LogP contribution in [-0.2, 0) is 14.8 Å². The van der Waals surface area contributed by atoms with Crippen molar-refractivity contribution in [3.8, 4) is 5.88 Å². The molecule has 0 aliphatic carbocycles. The van der Waals surface area contributed by atoms with Crippen molar-refractivity contribution in [3.05, 3.63) is 89.5 Å². The number of fused-ring (bicyclic) bond motifs is 1. The summed E-state index contributed by atoms with van der Waals surface area (Å²) in [6, 6.07) is 21.1. The number of carbonyl (C=O) groups excluding carboxylic acids is 1. The smallest absolute Gasteiger partial charge is 0.337 e. The van der Waals surface area contributed by atoms with Gasteiger partial charge in [0.1, 0.15) is 0 Å². The van der Waals surface area contributed by atoms with Crippen LogP contribution in [0.15, 0.2) is 77.8 Å².